The van der Waals surface area contributed by atoms with E-state index in [9.17, 15) is 4.79 Å². The molecule has 0 bridgehead atoms. The molecular weight excluding hydrogens is 274 g/mol. The molecule has 0 fully saturated rings. The van der Waals surface area contributed by atoms with Crippen molar-refractivity contribution in [1.29, 1.82) is 0 Å². The van der Waals surface area contributed by atoms with Crippen LogP contribution in [0, 0.1) is 0 Å². The Kier molecular flexibility index (Phi) is 6.20. The van der Waals surface area contributed by atoms with Gasteiger partial charge in [0.2, 0.25) is 0 Å². The van der Waals surface area contributed by atoms with Crippen LogP contribution in [0.3, 0.4) is 0 Å². The molecule has 0 amide bonds. The van der Waals surface area contributed by atoms with Gasteiger partial charge in [0.1, 0.15) is 13.2 Å². The molecule has 1 aromatic rings. The third-order valence-corrected chi connectivity index (χ3v) is 4.42. The molecule has 1 atom stereocenters. The van der Waals surface area contributed by atoms with Gasteiger partial charge in [0.25, 0.3) is 0 Å². The molecule has 120 valence electrons. The Hall–Kier alpha value is -1.61. The molecular formula is C19H28NO2+. The van der Waals surface area contributed by atoms with Crippen LogP contribution >= 0.6 is 0 Å². The summed E-state index contributed by atoms with van der Waals surface area (Å²) in [6, 6.07) is 7.84. The van der Waals surface area contributed by atoms with Crippen LogP contribution in [0.15, 0.2) is 36.4 Å². The lowest BCUT2D eigenvalue weighted by Crippen LogP contribution is -2.48. The lowest BCUT2D eigenvalue weighted by atomic mass is 10.1. The third kappa shape index (κ3) is 4.99. The number of likely N-dealkylation sites (N-methyl/N-ethyl adjacent to an activating group) is 1. The van der Waals surface area contributed by atoms with E-state index in [-0.39, 0.29) is 5.97 Å². The lowest BCUT2D eigenvalue weighted by molar-refractivity contribution is -0.905. The van der Waals surface area contributed by atoms with E-state index < -0.39 is 0 Å². The summed E-state index contributed by atoms with van der Waals surface area (Å²) in [5.41, 5.74) is 1.94. The van der Waals surface area contributed by atoms with Crippen LogP contribution in [0.2, 0.25) is 0 Å². The van der Waals surface area contributed by atoms with Crippen molar-refractivity contribution in [2.45, 2.75) is 32.6 Å². The van der Waals surface area contributed by atoms with E-state index in [2.05, 4.69) is 26.1 Å². The number of ether oxygens (including phenoxy) is 1. The van der Waals surface area contributed by atoms with Crippen molar-refractivity contribution in [2.75, 3.05) is 33.3 Å². The molecule has 3 heteroatoms. The van der Waals surface area contributed by atoms with Crippen molar-refractivity contribution in [3.8, 4) is 0 Å². The Bertz CT molecular complexity index is 507. The van der Waals surface area contributed by atoms with E-state index in [1.165, 1.54) is 18.4 Å². The summed E-state index contributed by atoms with van der Waals surface area (Å²) in [4.78, 5) is 12.1. The standard InChI is InChI=1S/C19H28NO2/c1-3-4-8-17-9-11-18(12-10-17)19(21)22-16-15-20(2)13-6-5-7-14-20/h5-6,9-12H,3-4,7-8,13-16H2,1-2H3/q+1. The first kappa shape index (κ1) is 16.8. The molecule has 0 spiro atoms. The Balaban J connectivity index is 1.78. The monoisotopic (exact) mass is 302 g/mol. The van der Waals surface area contributed by atoms with Crippen molar-refractivity contribution in [2.24, 2.45) is 0 Å². The van der Waals surface area contributed by atoms with Gasteiger partial charge in [-0.05, 0) is 36.6 Å². The summed E-state index contributed by atoms with van der Waals surface area (Å²) in [7, 11) is 2.22. The number of esters is 1. The van der Waals surface area contributed by atoms with E-state index >= 15 is 0 Å². The first-order valence-electron chi connectivity index (χ1n) is 8.37. The number of nitrogens with zero attached hydrogens (tertiary/aromatic N) is 1. The highest BCUT2D eigenvalue weighted by atomic mass is 16.5. The van der Waals surface area contributed by atoms with Crippen LogP contribution in [0.5, 0.6) is 0 Å². The minimum Gasteiger partial charge on any atom is -0.456 e. The second-order valence-electron chi connectivity index (χ2n) is 6.45. The summed E-state index contributed by atoms with van der Waals surface area (Å²) in [6.07, 6.45) is 9.02. The second kappa shape index (κ2) is 8.14. The van der Waals surface area contributed by atoms with Crippen LogP contribution in [0.4, 0.5) is 0 Å². The molecule has 0 N–H and O–H groups in total. The zero-order valence-electron chi connectivity index (χ0n) is 13.9. The number of quaternary nitrogens is 1. The summed E-state index contributed by atoms with van der Waals surface area (Å²) >= 11 is 0. The van der Waals surface area contributed by atoms with Gasteiger partial charge in [0.05, 0.1) is 25.7 Å². The molecule has 1 aliphatic heterocycles. The second-order valence-corrected chi connectivity index (χ2v) is 6.45. The summed E-state index contributed by atoms with van der Waals surface area (Å²) in [5, 5.41) is 0. The molecule has 0 radical (unpaired) electrons. The van der Waals surface area contributed by atoms with E-state index in [1.54, 1.807) is 0 Å². The Morgan fingerprint density at radius 2 is 2.00 bits per heavy atom. The van der Waals surface area contributed by atoms with E-state index in [0.29, 0.717) is 12.2 Å². The van der Waals surface area contributed by atoms with Gasteiger partial charge < -0.3 is 9.22 Å². The SMILES string of the molecule is CCCCc1ccc(C(=O)OCC[N+]2(C)CC=CCC2)cc1. The molecule has 0 aromatic heterocycles. The molecule has 3 nitrogen and oxygen atoms in total. The molecule has 1 unspecified atom stereocenters. The largest absolute Gasteiger partial charge is 0.456 e. The number of carbonyl (C=O) groups excluding carboxylic acids is 1. The van der Waals surface area contributed by atoms with Crippen LogP contribution in [-0.4, -0.2) is 43.7 Å². The van der Waals surface area contributed by atoms with Crippen LogP contribution in [0.1, 0.15) is 42.1 Å². The molecule has 0 saturated heterocycles. The minimum atomic E-state index is -0.207. The third-order valence-electron chi connectivity index (χ3n) is 4.42. The molecule has 22 heavy (non-hydrogen) atoms. The number of unbranched alkanes of at least 4 members (excludes halogenated alkanes) is 1. The maximum absolute atomic E-state index is 12.1. The fourth-order valence-corrected chi connectivity index (χ4v) is 2.76. The zero-order valence-corrected chi connectivity index (χ0v) is 13.9. The van der Waals surface area contributed by atoms with Gasteiger partial charge in [-0.3, -0.25) is 0 Å². The fourth-order valence-electron chi connectivity index (χ4n) is 2.76. The maximum atomic E-state index is 12.1. The van der Waals surface area contributed by atoms with Gasteiger partial charge in [-0.15, -0.1) is 0 Å². The van der Waals surface area contributed by atoms with Crippen molar-refractivity contribution in [3.63, 3.8) is 0 Å². The van der Waals surface area contributed by atoms with Crippen LogP contribution < -0.4 is 0 Å². The number of benzene rings is 1. The predicted molar refractivity (Wildman–Crippen MR) is 89.9 cm³/mol. The normalized spacial score (nSPS) is 20.8. The van der Waals surface area contributed by atoms with E-state index in [0.717, 1.165) is 37.0 Å². The molecule has 0 aliphatic carbocycles. The highest BCUT2D eigenvalue weighted by Crippen LogP contribution is 2.12. The Morgan fingerprint density at radius 1 is 1.23 bits per heavy atom. The minimum absolute atomic E-state index is 0.207. The molecule has 0 saturated carbocycles. The highest BCUT2D eigenvalue weighted by molar-refractivity contribution is 5.89. The number of hydrogen-bond acceptors (Lipinski definition) is 2. The number of rotatable bonds is 7. The average Bonchev–Trinajstić information content (AvgIpc) is 2.54. The number of hydrogen-bond donors (Lipinski definition) is 0. The summed E-state index contributed by atoms with van der Waals surface area (Å²) < 4.78 is 6.40. The quantitative estimate of drug-likeness (QED) is 0.437. The van der Waals surface area contributed by atoms with Crippen molar-refractivity contribution in [1.82, 2.24) is 0 Å². The van der Waals surface area contributed by atoms with E-state index in [4.69, 9.17) is 4.74 Å². The highest BCUT2D eigenvalue weighted by Gasteiger charge is 2.22. The maximum Gasteiger partial charge on any atom is 0.338 e. The van der Waals surface area contributed by atoms with Crippen molar-refractivity contribution >= 4 is 5.97 Å². The predicted octanol–water partition coefficient (Wildman–Crippen LogP) is 3.59. The zero-order chi connectivity index (χ0) is 15.8. The van der Waals surface area contributed by atoms with Crippen molar-refractivity contribution < 1.29 is 14.0 Å². The first-order chi connectivity index (χ1) is 10.6. The van der Waals surface area contributed by atoms with Gasteiger partial charge in [0, 0.05) is 6.42 Å². The van der Waals surface area contributed by atoms with Gasteiger partial charge in [-0.2, -0.15) is 0 Å². The first-order valence-corrected chi connectivity index (χ1v) is 8.37. The lowest BCUT2D eigenvalue weighted by Gasteiger charge is -2.35. The van der Waals surface area contributed by atoms with E-state index in [1.807, 2.05) is 24.3 Å². The molecule has 1 aromatic carbocycles. The molecule has 1 aliphatic rings. The van der Waals surface area contributed by atoms with Gasteiger partial charge >= 0.3 is 5.97 Å². The smallest absolute Gasteiger partial charge is 0.338 e. The fraction of sp³-hybridized carbons (Fsp3) is 0.526. The van der Waals surface area contributed by atoms with Crippen molar-refractivity contribution in [3.05, 3.63) is 47.5 Å². The molecule has 2 rings (SSSR count). The number of carbonyl (C=O) groups is 1. The summed E-state index contributed by atoms with van der Waals surface area (Å²) in [5.74, 6) is -0.207. The summed E-state index contributed by atoms with van der Waals surface area (Å²) in [6.45, 7) is 5.71. The van der Waals surface area contributed by atoms with Gasteiger partial charge in [-0.25, -0.2) is 4.79 Å². The van der Waals surface area contributed by atoms with Gasteiger partial charge in [-0.1, -0.05) is 31.6 Å². The van der Waals surface area contributed by atoms with Gasteiger partial charge in [0.15, 0.2) is 0 Å². The Labute approximate surface area is 134 Å². The topological polar surface area (TPSA) is 26.3 Å². The van der Waals surface area contributed by atoms with Crippen LogP contribution in [0.25, 0.3) is 0 Å². The average molecular weight is 302 g/mol. The Morgan fingerprint density at radius 3 is 2.64 bits per heavy atom. The van der Waals surface area contributed by atoms with Crippen LogP contribution in [-0.2, 0) is 11.2 Å². The number of aryl methyl sites for hydroxylation is 1. The molecule has 1 heterocycles.